The molecule has 4 nitrogen and oxygen atoms in total. The quantitative estimate of drug-likeness (QED) is 0.505. The van der Waals surface area contributed by atoms with Gasteiger partial charge in [0.05, 0.1) is 5.70 Å². The normalized spacial score (nSPS) is 20.4. The number of hydrogen-bond acceptors (Lipinski definition) is 4. The van der Waals surface area contributed by atoms with Crippen LogP contribution in [-0.4, -0.2) is 25.1 Å². The second-order valence-corrected chi connectivity index (χ2v) is 9.66. The molecule has 3 aliphatic rings. The third-order valence-electron chi connectivity index (χ3n) is 7.39. The molecule has 1 aliphatic carbocycles. The summed E-state index contributed by atoms with van der Waals surface area (Å²) in [4.78, 5) is 22.7. The molecule has 0 amide bonds. The van der Waals surface area contributed by atoms with Crippen LogP contribution in [-0.2, 0) is 16.6 Å². The minimum absolute atomic E-state index is 0.0501. The summed E-state index contributed by atoms with van der Waals surface area (Å²) >= 11 is 0. The van der Waals surface area contributed by atoms with Crippen molar-refractivity contribution in [3.8, 4) is 0 Å². The number of ketones is 1. The van der Waals surface area contributed by atoms with Gasteiger partial charge in [-0.3, -0.25) is 9.79 Å². The third kappa shape index (κ3) is 2.98. The zero-order valence-electron chi connectivity index (χ0n) is 19.7. The Morgan fingerprint density at radius 1 is 0.882 bits per heavy atom. The molecular formula is C30H27N3O. The number of benzene rings is 3. The van der Waals surface area contributed by atoms with E-state index in [1.807, 2.05) is 24.4 Å². The Bertz CT molecular complexity index is 1430. The average Bonchev–Trinajstić information content (AvgIpc) is 3.36. The van der Waals surface area contributed by atoms with Crippen molar-refractivity contribution in [2.75, 3.05) is 23.4 Å². The zero-order chi connectivity index (χ0) is 23.4. The van der Waals surface area contributed by atoms with Gasteiger partial charge in [0.2, 0.25) is 5.78 Å². The summed E-state index contributed by atoms with van der Waals surface area (Å²) in [5, 5.41) is 0. The molecule has 0 saturated carbocycles. The van der Waals surface area contributed by atoms with Gasteiger partial charge in [0.1, 0.15) is 5.71 Å². The van der Waals surface area contributed by atoms with Gasteiger partial charge < -0.3 is 9.80 Å². The van der Waals surface area contributed by atoms with Crippen LogP contribution in [0.3, 0.4) is 0 Å². The Hall–Kier alpha value is -3.92. The SMILES string of the molecule is CN1C(=CN=C2C(=O)C=C(N3CCc4ccccc43)c3ccccc32)C(C)(C)c2ccccc21. The summed E-state index contributed by atoms with van der Waals surface area (Å²) in [6.45, 7) is 5.29. The number of fused-ring (bicyclic) bond motifs is 3. The molecular weight excluding hydrogens is 418 g/mol. The van der Waals surface area contributed by atoms with Crippen LogP contribution in [0.5, 0.6) is 0 Å². The maximum atomic E-state index is 13.4. The number of allylic oxidation sites excluding steroid dienone is 2. The Balaban J connectivity index is 1.43. The van der Waals surface area contributed by atoms with Gasteiger partial charge in [0.15, 0.2) is 0 Å². The van der Waals surface area contributed by atoms with E-state index in [1.54, 1.807) is 6.08 Å². The van der Waals surface area contributed by atoms with E-state index in [9.17, 15) is 4.79 Å². The molecule has 0 atom stereocenters. The van der Waals surface area contributed by atoms with Crippen molar-refractivity contribution in [3.63, 3.8) is 0 Å². The number of nitrogens with zero attached hydrogens (tertiary/aromatic N) is 3. The highest BCUT2D eigenvalue weighted by molar-refractivity contribution is 6.53. The van der Waals surface area contributed by atoms with E-state index in [4.69, 9.17) is 4.99 Å². The Labute approximate surface area is 200 Å². The number of likely N-dealkylation sites (N-methyl/N-ethyl adjacent to an activating group) is 1. The predicted octanol–water partition coefficient (Wildman–Crippen LogP) is 5.73. The fourth-order valence-corrected chi connectivity index (χ4v) is 5.62. The van der Waals surface area contributed by atoms with E-state index < -0.39 is 0 Å². The number of rotatable bonds is 2. The highest BCUT2D eigenvalue weighted by Gasteiger charge is 2.38. The number of para-hydroxylation sites is 2. The standard InChI is InChI=1S/C30H27N3O/c1-30(2)23-13-7-9-15-25(23)32(3)28(30)19-31-29-22-12-6-5-11-21(22)26(18-27(29)34)33-17-16-20-10-4-8-14-24(20)33/h4-15,18-19H,16-17H2,1-3H3. The molecule has 0 bridgehead atoms. The molecule has 0 fully saturated rings. The van der Waals surface area contributed by atoms with Crippen LogP contribution < -0.4 is 9.80 Å². The number of carbonyl (C=O) groups excluding carboxylic acids is 1. The number of carbonyl (C=O) groups is 1. The predicted molar refractivity (Wildman–Crippen MR) is 139 cm³/mol. The van der Waals surface area contributed by atoms with Crippen molar-refractivity contribution in [1.82, 2.24) is 0 Å². The van der Waals surface area contributed by atoms with Gasteiger partial charge in [0, 0.05) is 59.5 Å². The Kier molecular flexibility index (Phi) is 4.59. The van der Waals surface area contributed by atoms with Gasteiger partial charge in [-0.15, -0.1) is 0 Å². The molecule has 2 aliphatic heterocycles. The van der Waals surface area contributed by atoms with Crippen LogP contribution in [0.4, 0.5) is 11.4 Å². The molecule has 3 aromatic rings. The summed E-state index contributed by atoms with van der Waals surface area (Å²) in [5.74, 6) is -0.0501. The van der Waals surface area contributed by atoms with Gasteiger partial charge in [-0.1, -0.05) is 74.5 Å². The second-order valence-electron chi connectivity index (χ2n) is 9.66. The fraction of sp³-hybridized carbons (Fsp3) is 0.200. The molecule has 3 aromatic carbocycles. The minimum Gasteiger partial charge on any atom is -0.346 e. The maximum absolute atomic E-state index is 13.4. The summed E-state index contributed by atoms with van der Waals surface area (Å²) in [6.07, 6.45) is 4.63. The fourth-order valence-electron chi connectivity index (χ4n) is 5.62. The van der Waals surface area contributed by atoms with E-state index >= 15 is 0 Å². The van der Waals surface area contributed by atoms with Gasteiger partial charge >= 0.3 is 0 Å². The first-order valence-electron chi connectivity index (χ1n) is 11.8. The zero-order valence-corrected chi connectivity index (χ0v) is 19.7. The van der Waals surface area contributed by atoms with E-state index in [1.165, 1.54) is 22.5 Å². The van der Waals surface area contributed by atoms with Gasteiger partial charge in [-0.05, 0) is 29.7 Å². The highest BCUT2D eigenvalue weighted by atomic mass is 16.1. The summed E-state index contributed by atoms with van der Waals surface area (Å²) in [5.41, 5.74) is 9.26. The first kappa shape index (κ1) is 20.7. The summed E-state index contributed by atoms with van der Waals surface area (Å²) in [7, 11) is 2.07. The van der Waals surface area contributed by atoms with Crippen LogP contribution in [0.15, 0.2) is 95.8 Å². The molecule has 0 unspecified atom stereocenters. The molecule has 0 saturated heterocycles. The van der Waals surface area contributed by atoms with Crippen molar-refractivity contribution in [2.24, 2.45) is 4.99 Å². The van der Waals surface area contributed by atoms with Crippen molar-refractivity contribution in [1.29, 1.82) is 0 Å². The van der Waals surface area contributed by atoms with Crippen molar-refractivity contribution in [2.45, 2.75) is 25.7 Å². The van der Waals surface area contributed by atoms with Gasteiger partial charge in [0.25, 0.3) is 0 Å². The lowest BCUT2D eigenvalue weighted by molar-refractivity contribution is -0.108. The van der Waals surface area contributed by atoms with Crippen molar-refractivity contribution in [3.05, 3.63) is 113 Å². The van der Waals surface area contributed by atoms with Crippen LogP contribution in [0.1, 0.15) is 36.1 Å². The number of anilines is 2. The van der Waals surface area contributed by atoms with Crippen LogP contribution in [0, 0.1) is 0 Å². The van der Waals surface area contributed by atoms with E-state index in [0.29, 0.717) is 5.71 Å². The molecule has 34 heavy (non-hydrogen) atoms. The summed E-state index contributed by atoms with van der Waals surface area (Å²) in [6, 6.07) is 25.0. The van der Waals surface area contributed by atoms with E-state index in [2.05, 4.69) is 85.3 Å². The molecule has 0 spiro atoms. The second kappa shape index (κ2) is 7.56. The lowest BCUT2D eigenvalue weighted by Crippen LogP contribution is -2.28. The number of hydrogen-bond donors (Lipinski definition) is 0. The molecule has 168 valence electrons. The molecule has 4 heteroatoms. The smallest absolute Gasteiger partial charge is 0.206 e. The largest absolute Gasteiger partial charge is 0.346 e. The van der Waals surface area contributed by atoms with Gasteiger partial charge in [-0.25, -0.2) is 0 Å². The number of aliphatic imine (C=N–C) groups is 1. The van der Waals surface area contributed by atoms with Crippen LogP contribution in [0.25, 0.3) is 5.70 Å². The minimum atomic E-state index is -0.188. The molecule has 6 rings (SSSR count). The van der Waals surface area contributed by atoms with Gasteiger partial charge in [-0.2, -0.15) is 0 Å². The van der Waals surface area contributed by atoms with E-state index in [0.717, 1.165) is 35.5 Å². The first-order valence-corrected chi connectivity index (χ1v) is 11.8. The lowest BCUT2D eigenvalue weighted by Gasteiger charge is -2.28. The first-order chi connectivity index (χ1) is 16.5. The third-order valence-corrected chi connectivity index (χ3v) is 7.39. The highest BCUT2D eigenvalue weighted by Crippen LogP contribution is 2.46. The van der Waals surface area contributed by atoms with Crippen molar-refractivity contribution < 1.29 is 4.79 Å². The molecule has 2 heterocycles. The van der Waals surface area contributed by atoms with Crippen LogP contribution in [0.2, 0.25) is 0 Å². The Morgan fingerprint density at radius 2 is 1.56 bits per heavy atom. The molecule has 0 radical (unpaired) electrons. The topological polar surface area (TPSA) is 35.9 Å². The monoisotopic (exact) mass is 445 g/mol. The average molecular weight is 446 g/mol. The van der Waals surface area contributed by atoms with E-state index in [-0.39, 0.29) is 11.2 Å². The molecule has 0 aromatic heterocycles. The Morgan fingerprint density at radius 3 is 2.35 bits per heavy atom. The lowest BCUT2D eigenvalue weighted by atomic mass is 9.84. The molecule has 0 N–H and O–H groups in total. The van der Waals surface area contributed by atoms with Crippen molar-refractivity contribution >= 4 is 28.6 Å². The van der Waals surface area contributed by atoms with Crippen LogP contribution >= 0.6 is 0 Å². The summed E-state index contributed by atoms with van der Waals surface area (Å²) < 4.78 is 0. The maximum Gasteiger partial charge on any atom is 0.206 e.